The van der Waals surface area contributed by atoms with Crippen LogP contribution in [-0.2, 0) is 18.3 Å². The average molecular weight is 743 g/mol. The molecule has 2 rings (SSSR count). The second kappa shape index (κ2) is 22.7. The Kier molecular flexibility index (Phi) is 30.8. The van der Waals surface area contributed by atoms with Gasteiger partial charge in [-0.1, -0.05) is 23.2 Å². The van der Waals surface area contributed by atoms with E-state index in [2.05, 4.69) is 0 Å². The van der Waals surface area contributed by atoms with Gasteiger partial charge in [-0.05, 0) is 48.5 Å². The SMILES string of the molecule is O.O=P([O-])(O)C(Sc1ccc(Cl)cc1)P(=O)([O-])O.O=P([O-])(O)C(Sc1ccc(Cl)cc1)P(=O)([O-])O.[Na+].[Na+].[Na+].[Na+]. The molecule has 0 saturated carbocycles. The summed E-state index contributed by atoms with van der Waals surface area (Å²) in [6.45, 7) is 0. The second-order valence-corrected chi connectivity index (χ2v) is 18.1. The summed E-state index contributed by atoms with van der Waals surface area (Å²) in [6.07, 6.45) is 0. The Morgan fingerprint density at radius 1 is 0.538 bits per heavy atom. The summed E-state index contributed by atoms with van der Waals surface area (Å²) in [5, 5.41) is 0.768. The first-order valence-electron chi connectivity index (χ1n) is 8.19. The van der Waals surface area contributed by atoms with Crippen molar-refractivity contribution in [2.45, 2.75) is 19.3 Å². The van der Waals surface area contributed by atoms with Gasteiger partial charge in [0, 0.05) is 19.8 Å². The maximum absolute atomic E-state index is 10.9. The van der Waals surface area contributed by atoms with Gasteiger partial charge in [0.2, 0.25) is 0 Å². The van der Waals surface area contributed by atoms with Crippen molar-refractivity contribution in [2.75, 3.05) is 0 Å². The molecule has 0 saturated heterocycles. The van der Waals surface area contributed by atoms with E-state index in [-0.39, 0.29) is 133 Å². The fourth-order valence-electron chi connectivity index (χ4n) is 1.90. The smallest absolute Gasteiger partial charge is 0.777 e. The maximum Gasteiger partial charge on any atom is 1.00 e. The van der Waals surface area contributed by atoms with E-state index in [1.54, 1.807) is 0 Å². The van der Waals surface area contributed by atoms with Gasteiger partial charge in [0.15, 0.2) is 30.4 Å². The zero-order chi connectivity index (χ0) is 26.5. The summed E-state index contributed by atoms with van der Waals surface area (Å²) in [6, 6.07) is 11.1. The van der Waals surface area contributed by atoms with E-state index in [0.29, 0.717) is 33.6 Å². The quantitative estimate of drug-likeness (QED) is 0.111. The van der Waals surface area contributed by atoms with Crippen LogP contribution in [-0.4, -0.2) is 34.5 Å². The summed E-state index contributed by atoms with van der Waals surface area (Å²) in [5.41, 5.74) is 0. The molecule has 0 fully saturated rings. The van der Waals surface area contributed by atoms with Crippen LogP contribution in [0.2, 0.25) is 10.0 Å². The molecule has 39 heavy (non-hydrogen) atoms. The van der Waals surface area contributed by atoms with E-state index in [1.165, 1.54) is 48.5 Å². The third kappa shape index (κ3) is 21.7. The number of hydrogen-bond acceptors (Lipinski definition) is 10. The van der Waals surface area contributed by atoms with Crippen molar-refractivity contribution >= 4 is 77.1 Å². The van der Waals surface area contributed by atoms with Crippen LogP contribution in [0.5, 0.6) is 0 Å². The second-order valence-electron chi connectivity index (χ2n) is 6.05. The molecule has 0 bridgehead atoms. The van der Waals surface area contributed by atoms with Gasteiger partial charge in [-0.2, -0.15) is 0 Å². The van der Waals surface area contributed by atoms with Crippen LogP contribution in [0.1, 0.15) is 0 Å². The molecule has 0 aliphatic carbocycles. The molecule has 0 aromatic heterocycles. The minimum absolute atomic E-state index is 0. The van der Waals surface area contributed by atoms with Crippen LogP contribution in [0.4, 0.5) is 0 Å². The van der Waals surface area contributed by atoms with Crippen molar-refractivity contribution in [3.05, 3.63) is 58.6 Å². The Bertz CT molecular complexity index is 1030. The summed E-state index contributed by atoms with van der Waals surface area (Å²) in [4.78, 5) is 78.9. The minimum atomic E-state index is -5.22. The largest absolute Gasteiger partial charge is 1.00 e. The standard InChI is InChI=1S/2C7H9ClO6P2S.4Na.H2O/c2*8-5-1-3-6(4-2-5)17-7(15(9,10)11)16(12,13)14;;;;;/h2*1-4,7H,(H2,9,10,11)(H2,12,13,14);;;;;1H2/q;;4*+1;/p-4. The molecule has 0 heterocycles. The number of halogens is 2. The fourth-order valence-corrected chi connectivity index (χ4v) is 9.77. The summed E-state index contributed by atoms with van der Waals surface area (Å²) < 4.78 is 38.8. The van der Waals surface area contributed by atoms with E-state index < -0.39 is 39.8 Å². The molecular formula is C14H16Cl2Na4O13P4S2. The minimum Gasteiger partial charge on any atom is -0.777 e. The van der Waals surface area contributed by atoms with Gasteiger partial charge in [-0.15, -0.1) is 23.5 Å². The molecule has 25 heteroatoms. The molecule has 6 N–H and O–H groups in total. The Balaban J connectivity index is -0.000000175. The number of thioether (sulfide) groups is 2. The molecule has 4 unspecified atom stereocenters. The summed E-state index contributed by atoms with van der Waals surface area (Å²) in [5.74, 6) is 0. The van der Waals surface area contributed by atoms with Gasteiger partial charge < -0.3 is 62.9 Å². The van der Waals surface area contributed by atoms with Crippen molar-refractivity contribution in [3.63, 3.8) is 0 Å². The third-order valence-corrected chi connectivity index (χ3v) is 15.4. The Labute approximate surface area is 330 Å². The Morgan fingerprint density at radius 3 is 0.872 bits per heavy atom. The van der Waals surface area contributed by atoms with Crippen LogP contribution in [0.3, 0.4) is 0 Å². The van der Waals surface area contributed by atoms with Crippen LogP contribution in [0.15, 0.2) is 58.3 Å². The van der Waals surface area contributed by atoms with E-state index >= 15 is 0 Å². The van der Waals surface area contributed by atoms with Gasteiger partial charge in [-0.3, -0.25) is 0 Å². The van der Waals surface area contributed by atoms with E-state index in [1.807, 2.05) is 0 Å². The maximum atomic E-state index is 10.9. The van der Waals surface area contributed by atoms with Gasteiger partial charge in [0.1, 0.15) is 9.46 Å². The molecule has 2 aromatic rings. The van der Waals surface area contributed by atoms with Gasteiger partial charge >= 0.3 is 118 Å². The first-order chi connectivity index (χ1) is 15.2. The van der Waals surface area contributed by atoms with Gasteiger partial charge in [0.05, 0.1) is 0 Å². The predicted molar refractivity (Wildman–Crippen MR) is 125 cm³/mol. The van der Waals surface area contributed by atoms with Crippen molar-refractivity contribution in [2.24, 2.45) is 0 Å². The Morgan fingerprint density at radius 2 is 0.718 bits per heavy atom. The van der Waals surface area contributed by atoms with Crippen LogP contribution < -0.4 is 138 Å². The molecule has 0 spiro atoms. The van der Waals surface area contributed by atoms with E-state index in [9.17, 15) is 37.8 Å². The third-order valence-electron chi connectivity index (χ3n) is 3.23. The summed E-state index contributed by atoms with van der Waals surface area (Å²) >= 11 is 11.8. The molecular weight excluding hydrogens is 727 g/mol. The van der Waals surface area contributed by atoms with Gasteiger partial charge in [0.25, 0.3) is 0 Å². The van der Waals surface area contributed by atoms with Crippen LogP contribution >= 0.6 is 77.1 Å². The molecule has 0 aliphatic rings. The summed E-state index contributed by atoms with van der Waals surface area (Å²) in [7, 11) is -20.9. The zero-order valence-corrected chi connectivity index (χ0v) is 35.4. The van der Waals surface area contributed by atoms with Crippen molar-refractivity contribution < 1.29 is 181 Å². The molecule has 13 nitrogen and oxygen atoms in total. The monoisotopic (exact) mass is 742 g/mol. The molecule has 2 aromatic carbocycles. The van der Waals surface area contributed by atoms with E-state index in [0.717, 1.165) is 0 Å². The predicted octanol–water partition coefficient (Wildman–Crippen LogP) is -11.2. The molecule has 200 valence electrons. The molecule has 0 radical (unpaired) electrons. The number of benzene rings is 2. The Hall–Kier alpha value is 4.28. The first-order valence-corrected chi connectivity index (χ1v) is 17.3. The van der Waals surface area contributed by atoms with Crippen molar-refractivity contribution in [1.29, 1.82) is 0 Å². The zero-order valence-electron chi connectivity index (χ0n) is 20.7. The average Bonchev–Trinajstić information content (AvgIpc) is 2.63. The number of rotatable bonds is 8. The van der Waals surface area contributed by atoms with Crippen LogP contribution in [0.25, 0.3) is 0 Å². The topological polar surface area (TPSA) is 273 Å². The van der Waals surface area contributed by atoms with Crippen molar-refractivity contribution in [3.8, 4) is 0 Å². The normalized spacial score (nSPS) is 17.7. The number of hydrogen-bond donors (Lipinski definition) is 4. The molecule has 0 aliphatic heterocycles. The first kappa shape index (κ1) is 52.8. The molecule has 4 atom stereocenters. The van der Waals surface area contributed by atoms with Crippen molar-refractivity contribution in [1.82, 2.24) is 0 Å². The fraction of sp³-hybridized carbons (Fsp3) is 0.143. The van der Waals surface area contributed by atoms with E-state index in [4.69, 9.17) is 42.8 Å². The van der Waals surface area contributed by atoms with Gasteiger partial charge in [-0.25, -0.2) is 0 Å². The molecule has 0 amide bonds. The van der Waals surface area contributed by atoms with Crippen LogP contribution in [0, 0.1) is 0 Å².